The zero-order valence-corrected chi connectivity index (χ0v) is 14.8. The van der Waals surface area contributed by atoms with Gasteiger partial charge in [-0.05, 0) is 36.8 Å². The number of anilines is 1. The van der Waals surface area contributed by atoms with Crippen molar-refractivity contribution in [2.45, 2.75) is 13.0 Å². The Balaban J connectivity index is 1.91. The molecule has 126 valence electrons. The highest BCUT2D eigenvalue weighted by Gasteiger charge is 2.33. The first-order valence-electron chi connectivity index (χ1n) is 7.58. The predicted molar refractivity (Wildman–Crippen MR) is 95.5 cm³/mol. The van der Waals surface area contributed by atoms with E-state index in [1.165, 1.54) is 0 Å². The number of primary amides is 1. The van der Waals surface area contributed by atoms with Crippen molar-refractivity contribution in [1.82, 2.24) is 14.8 Å². The van der Waals surface area contributed by atoms with Crippen molar-refractivity contribution < 1.29 is 9.21 Å². The molecule has 3 heterocycles. The van der Waals surface area contributed by atoms with Crippen LogP contribution in [0.5, 0.6) is 0 Å². The van der Waals surface area contributed by atoms with Crippen LogP contribution in [0.3, 0.4) is 0 Å². The molecule has 0 fully saturated rings. The molecule has 1 aromatic carbocycles. The number of carbonyl (C=O) groups is 1. The van der Waals surface area contributed by atoms with E-state index in [1.54, 1.807) is 30.0 Å². The minimum Gasteiger partial charge on any atom is -0.461 e. The van der Waals surface area contributed by atoms with E-state index in [1.807, 2.05) is 24.3 Å². The Kier molecular flexibility index (Phi) is 3.69. The monoisotopic (exact) mass is 399 g/mol. The van der Waals surface area contributed by atoms with Crippen LogP contribution in [-0.2, 0) is 4.79 Å². The number of allylic oxidation sites excluding steroid dienone is 1. The molecule has 0 unspecified atom stereocenters. The van der Waals surface area contributed by atoms with Gasteiger partial charge in [0.1, 0.15) is 6.04 Å². The molecule has 25 heavy (non-hydrogen) atoms. The molecule has 1 aliphatic heterocycles. The van der Waals surface area contributed by atoms with E-state index in [4.69, 9.17) is 10.2 Å². The second-order valence-electron chi connectivity index (χ2n) is 5.67. The Morgan fingerprint density at radius 2 is 2.20 bits per heavy atom. The van der Waals surface area contributed by atoms with Gasteiger partial charge in [0.2, 0.25) is 17.7 Å². The number of nitrogens with one attached hydrogen (secondary N) is 1. The fourth-order valence-electron chi connectivity index (χ4n) is 2.97. The van der Waals surface area contributed by atoms with Crippen LogP contribution in [0, 0.1) is 0 Å². The SMILES string of the molecule is CC1=C(C(N)=O)[C@H](c2cccc(Br)c2)n2nc(-c3ccco3)nc2N1. The molecule has 3 aromatic rings. The van der Waals surface area contributed by atoms with Crippen molar-refractivity contribution in [2.75, 3.05) is 5.32 Å². The number of halogens is 1. The van der Waals surface area contributed by atoms with Gasteiger partial charge in [-0.2, -0.15) is 4.98 Å². The third-order valence-corrected chi connectivity index (χ3v) is 4.52. The first kappa shape index (κ1) is 15.6. The number of carbonyl (C=O) groups excluding carboxylic acids is 1. The number of benzene rings is 1. The van der Waals surface area contributed by atoms with E-state index in [-0.39, 0.29) is 0 Å². The molecule has 1 atom stereocenters. The second-order valence-corrected chi connectivity index (χ2v) is 6.58. The van der Waals surface area contributed by atoms with Gasteiger partial charge in [0.15, 0.2) is 5.76 Å². The summed E-state index contributed by atoms with van der Waals surface area (Å²) in [4.78, 5) is 16.6. The van der Waals surface area contributed by atoms with Gasteiger partial charge in [0, 0.05) is 10.2 Å². The lowest BCUT2D eigenvalue weighted by atomic mass is 9.95. The quantitative estimate of drug-likeness (QED) is 0.704. The fraction of sp³-hybridized carbons (Fsp3) is 0.118. The van der Waals surface area contributed by atoms with Crippen LogP contribution < -0.4 is 11.1 Å². The lowest BCUT2D eigenvalue weighted by molar-refractivity contribution is -0.115. The molecule has 0 saturated carbocycles. The molecule has 8 heteroatoms. The molecule has 0 spiro atoms. The summed E-state index contributed by atoms with van der Waals surface area (Å²) in [5.41, 5.74) is 7.63. The average Bonchev–Trinajstić information content (AvgIpc) is 3.22. The smallest absolute Gasteiger partial charge is 0.248 e. The maximum Gasteiger partial charge on any atom is 0.248 e. The molecule has 0 bridgehead atoms. The standard InChI is InChI=1S/C17H14BrN5O2/c1-9-13(15(19)24)14(10-4-2-5-11(18)8-10)23-17(20-9)21-16(22-23)12-6-3-7-25-12/h2-8,14H,1H3,(H2,19,24)(H,20,21,22)/t14-/m0/s1. The zero-order valence-electron chi connectivity index (χ0n) is 13.2. The van der Waals surface area contributed by atoms with E-state index in [0.29, 0.717) is 28.8 Å². The number of hydrogen-bond donors (Lipinski definition) is 2. The molecule has 3 N–H and O–H groups in total. The third-order valence-electron chi connectivity index (χ3n) is 4.02. The van der Waals surface area contributed by atoms with Gasteiger partial charge in [0.25, 0.3) is 0 Å². The average molecular weight is 400 g/mol. The molecular formula is C17H14BrN5O2. The Morgan fingerprint density at radius 1 is 1.36 bits per heavy atom. The van der Waals surface area contributed by atoms with Crippen molar-refractivity contribution >= 4 is 27.8 Å². The minimum absolute atomic E-state index is 0.436. The van der Waals surface area contributed by atoms with Gasteiger partial charge >= 0.3 is 0 Å². The summed E-state index contributed by atoms with van der Waals surface area (Å²) in [6.45, 7) is 1.80. The number of nitrogens with zero attached hydrogens (tertiary/aromatic N) is 3. The van der Waals surface area contributed by atoms with Crippen molar-refractivity contribution in [3.8, 4) is 11.6 Å². The Hall–Kier alpha value is -2.87. The summed E-state index contributed by atoms with van der Waals surface area (Å²) in [7, 11) is 0. The lowest BCUT2D eigenvalue weighted by Gasteiger charge is -2.27. The van der Waals surface area contributed by atoms with E-state index in [9.17, 15) is 4.79 Å². The van der Waals surface area contributed by atoms with Crippen LogP contribution in [0.15, 0.2) is 62.8 Å². The Labute approximate surface area is 151 Å². The highest BCUT2D eigenvalue weighted by atomic mass is 79.9. The number of hydrogen-bond acceptors (Lipinski definition) is 5. The molecule has 2 aromatic heterocycles. The summed E-state index contributed by atoms with van der Waals surface area (Å²) < 4.78 is 7.94. The molecule has 1 aliphatic rings. The Bertz CT molecular complexity index is 990. The third kappa shape index (κ3) is 2.64. The van der Waals surface area contributed by atoms with Crippen LogP contribution in [0.1, 0.15) is 18.5 Å². The maximum atomic E-state index is 12.1. The lowest BCUT2D eigenvalue weighted by Crippen LogP contribution is -2.31. The first-order chi connectivity index (χ1) is 12.0. The summed E-state index contributed by atoms with van der Waals surface area (Å²) in [5.74, 6) is 1.01. The topological polar surface area (TPSA) is 99.0 Å². The Morgan fingerprint density at radius 3 is 2.88 bits per heavy atom. The molecule has 7 nitrogen and oxygen atoms in total. The highest BCUT2D eigenvalue weighted by Crippen LogP contribution is 2.36. The van der Waals surface area contributed by atoms with Crippen LogP contribution in [0.4, 0.5) is 5.95 Å². The van der Waals surface area contributed by atoms with Crippen LogP contribution in [-0.4, -0.2) is 20.7 Å². The summed E-state index contributed by atoms with van der Waals surface area (Å²) >= 11 is 3.47. The van der Waals surface area contributed by atoms with Crippen molar-refractivity contribution in [3.05, 3.63) is 64.0 Å². The predicted octanol–water partition coefficient (Wildman–Crippen LogP) is 3.07. The van der Waals surface area contributed by atoms with E-state index < -0.39 is 11.9 Å². The summed E-state index contributed by atoms with van der Waals surface area (Å²) in [5, 5.41) is 7.64. The number of nitrogens with two attached hydrogens (primary N) is 1. The normalized spacial score (nSPS) is 16.5. The van der Waals surface area contributed by atoms with E-state index in [2.05, 4.69) is 31.3 Å². The van der Waals surface area contributed by atoms with Crippen molar-refractivity contribution in [1.29, 1.82) is 0 Å². The molecular weight excluding hydrogens is 386 g/mol. The zero-order chi connectivity index (χ0) is 17.6. The number of fused-ring (bicyclic) bond motifs is 1. The van der Waals surface area contributed by atoms with Gasteiger partial charge in [-0.1, -0.05) is 28.1 Å². The minimum atomic E-state index is -0.504. The summed E-state index contributed by atoms with van der Waals surface area (Å²) in [6.07, 6.45) is 1.56. The number of rotatable bonds is 3. The van der Waals surface area contributed by atoms with Gasteiger partial charge in [-0.15, -0.1) is 5.10 Å². The van der Waals surface area contributed by atoms with Gasteiger partial charge in [0.05, 0.1) is 11.8 Å². The van der Waals surface area contributed by atoms with E-state index in [0.717, 1.165) is 10.0 Å². The fourth-order valence-corrected chi connectivity index (χ4v) is 3.38. The molecule has 4 rings (SSSR count). The number of aromatic nitrogens is 3. The first-order valence-corrected chi connectivity index (χ1v) is 8.37. The molecule has 1 amide bonds. The van der Waals surface area contributed by atoms with Gasteiger partial charge in [-0.25, -0.2) is 4.68 Å². The number of amides is 1. The number of furan rings is 1. The van der Waals surface area contributed by atoms with Gasteiger partial charge in [-0.3, -0.25) is 4.79 Å². The van der Waals surface area contributed by atoms with Crippen molar-refractivity contribution in [3.63, 3.8) is 0 Å². The van der Waals surface area contributed by atoms with Crippen LogP contribution in [0.2, 0.25) is 0 Å². The van der Waals surface area contributed by atoms with Crippen molar-refractivity contribution in [2.24, 2.45) is 5.73 Å². The maximum absolute atomic E-state index is 12.1. The highest BCUT2D eigenvalue weighted by molar-refractivity contribution is 9.10. The van der Waals surface area contributed by atoms with Crippen LogP contribution >= 0.6 is 15.9 Å². The molecule has 0 radical (unpaired) electrons. The second kappa shape index (κ2) is 5.89. The van der Waals surface area contributed by atoms with Gasteiger partial charge < -0.3 is 15.5 Å². The van der Waals surface area contributed by atoms with Crippen LogP contribution in [0.25, 0.3) is 11.6 Å². The molecule has 0 aliphatic carbocycles. The summed E-state index contributed by atoms with van der Waals surface area (Å²) in [6, 6.07) is 10.8. The molecule has 0 saturated heterocycles. The largest absolute Gasteiger partial charge is 0.461 e. The van der Waals surface area contributed by atoms with E-state index >= 15 is 0 Å².